The van der Waals surface area contributed by atoms with Gasteiger partial charge in [0.25, 0.3) is 0 Å². The van der Waals surface area contributed by atoms with Crippen molar-refractivity contribution in [3.63, 3.8) is 0 Å². The first-order valence-corrected chi connectivity index (χ1v) is 15.4. The second-order valence-electron chi connectivity index (χ2n) is 9.23. The Kier molecular flexibility index (Phi) is 10.7. The predicted molar refractivity (Wildman–Crippen MR) is 142 cm³/mol. The maximum Gasteiger partial charge on any atom is 0.344 e. The summed E-state index contributed by atoms with van der Waals surface area (Å²) in [6.45, 7) is 5.36. The van der Waals surface area contributed by atoms with Crippen LogP contribution in [0.2, 0.25) is 12.1 Å². The van der Waals surface area contributed by atoms with Crippen LogP contribution in [0.5, 0.6) is 11.5 Å². The highest BCUT2D eigenvalue weighted by Gasteiger charge is 2.54. The molecule has 11 heteroatoms. The van der Waals surface area contributed by atoms with E-state index in [4.69, 9.17) is 37.6 Å². The highest BCUT2D eigenvalue weighted by Crippen LogP contribution is 2.33. The molecule has 0 spiro atoms. The number of esters is 2. The maximum atomic E-state index is 13.0. The Morgan fingerprint density at radius 3 is 1.90 bits per heavy atom. The molecule has 39 heavy (non-hydrogen) atoms. The summed E-state index contributed by atoms with van der Waals surface area (Å²) in [5.74, 6) is -0.258. The van der Waals surface area contributed by atoms with Gasteiger partial charge in [0, 0.05) is 0 Å². The van der Waals surface area contributed by atoms with Crippen LogP contribution in [0.25, 0.3) is 0 Å². The van der Waals surface area contributed by atoms with Gasteiger partial charge in [-0.1, -0.05) is 50.2 Å². The zero-order chi connectivity index (χ0) is 27.6. The van der Waals surface area contributed by atoms with E-state index >= 15 is 0 Å². The Labute approximate surface area is 230 Å². The van der Waals surface area contributed by atoms with Crippen LogP contribution in [0, 0.1) is 0 Å². The molecule has 2 aliphatic rings. The van der Waals surface area contributed by atoms with Gasteiger partial charge < -0.3 is 37.6 Å². The van der Waals surface area contributed by atoms with Gasteiger partial charge in [-0.3, -0.25) is 0 Å². The normalized spacial score (nSPS) is 26.4. The van der Waals surface area contributed by atoms with Gasteiger partial charge in [-0.15, -0.1) is 0 Å². The van der Waals surface area contributed by atoms with Gasteiger partial charge in [0.05, 0.1) is 6.61 Å². The summed E-state index contributed by atoms with van der Waals surface area (Å²) in [5.41, 5.74) is 0. The smallest absolute Gasteiger partial charge is 0.344 e. The SMILES string of the molecule is CC[SiH](CC)OC1OC2COC(C)OC2C(OC(=O)COc2ccccc2)C1OC(=O)COc1ccccc1. The predicted octanol–water partition coefficient (Wildman–Crippen LogP) is 3.23. The van der Waals surface area contributed by atoms with Crippen LogP contribution in [0.1, 0.15) is 20.8 Å². The van der Waals surface area contributed by atoms with Crippen molar-refractivity contribution in [2.75, 3.05) is 19.8 Å². The summed E-state index contributed by atoms with van der Waals surface area (Å²) >= 11 is 0. The summed E-state index contributed by atoms with van der Waals surface area (Å²) in [7, 11) is -1.69. The first-order chi connectivity index (χ1) is 19.0. The fourth-order valence-corrected chi connectivity index (χ4v) is 5.96. The van der Waals surface area contributed by atoms with Gasteiger partial charge >= 0.3 is 11.9 Å². The third-order valence-electron chi connectivity index (χ3n) is 6.41. The molecule has 2 aliphatic heterocycles. The number of hydrogen-bond acceptors (Lipinski definition) is 10. The van der Waals surface area contributed by atoms with Crippen LogP contribution < -0.4 is 9.47 Å². The quantitative estimate of drug-likeness (QED) is 0.284. The molecule has 212 valence electrons. The molecule has 0 saturated carbocycles. The van der Waals surface area contributed by atoms with Gasteiger partial charge in [0.2, 0.25) is 0 Å². The molecule has 4 rings (SSSR count). The summed E-state index contributed by atoms with van der Waals surface area (Å²) in [6.07, 6.45) is -4.96. The van der Waals surface area contributed by atoms with E-state index < -0.39 is 58.0 Å². The minimum Gasteiger partial charge on any atom is -0.482 e. The van der Waals surface area contributed by atoms with Crippen molar-refractivity contribution in [2.24, 2.45) is 0 Å². The van der Waals surface area contributed by atoms with Gasteiger partial charge in [0.15, 0.2) is 47.0 Å². The van der Waals surface area contributed by atoms with Crippen LogP contribution in [0.4, 0.5) is 0 Å². The van der Waals surface area contributed by atoms with Gasteiger partial charge in [-0.2, -0.15) is 0 Å². The lowest BCUT2D eigenvalue weighted by Crippen LogP contribution is -2.65. The standard InChI is InChI=1S/C28H36O10Si/c1-4-39(5-2)38-28-27(37-24(30)18-33-21-14-10-7-11-15-21)26(25-22(35-28)16-31-19(3)34-25)36-23(29)17-32-20-12-8-6-9-13-20/h6-15,19,22,25-28,39H,4-5,16-18H2,1-3H3. The first kappa shape index (κ1) is 29.0. The Morgan fingerprint density at radius 2 is 1.36 bits per heavy atom. The van der Waals surface area contributed by atoms with E-state index in [2.05, 4.69) is 0 Å². The molecule has 0 bridgehead atoms. The van der Waals surface area contributed by atoms with E-state index in [0.717, 1.165) is 12.1 Å². The Balaban J connectivity index is 1.52. The monoisotopic (exact) mass is 560 g/mol. The number of hydrogen-bond donors (Lipinski definition) is 0. The lowest BCUT2D eigenvalue weighted by molar-refractivity contribution is -0.347. The fourth-order valence-electron chi connectivity index (χ4n) is 4.40. The largest absolute Gasteiger partial charge is 0.482 e. The lowest BCUT2D eigenvalue weighted by atomic mass is 9.97. The molecule has 0 aliphatic carbocycles. The lowest BCUT2D eigenvalue weighted by Gasteiger charge is -2.48. The second-order valence-corrected chi connectivity index (χ2v) is 12.4. The number of carbonyl (C=O) groups is 2. The number of carbonyl (C=O) groups excluding carboxylic acids is 2. The zero-order valence-electron chi connectivity index (χ0n) is 22.4. The Morgan fingerprint density at radius 1 is 0.821 bits per heavy atom. The van der Waals surface area contributed by atoms with Crippen LogP contribution >= 0.6 is 0 Å². The number of rotatable bonds is 12. The molecule has 2 heterocycles. The summed E-state index contributed by atoms with van der Waals surface area (Å²) in [4.78, 5) is 25.9. The third-order valence-corrected chi connectivity index (χ3v) is 8.88. The van der Waals surface area contributed by atoms with Crippen molar-refractivity contribution in [1.29, 1.82) is 0 Å². The molecular weight excluding hydrogens is 524 g/mol. The third kappa shape index (κ3) is 8.26. The molecule has 0 radical (unpaired) electrons. The molecule has 2 saturated heterocycles. The molecule has 0 aromatic heterocycles. The number of para-hydroxylation sites is 2. The van der Waals surface area contributed by atoms with Crippen molar-refractivity contribution in [3.05, 3.63) is 60.7 Å². The molecular formula is C28H36O10Si. The van der Waals surface area contributed by atoms with E-state index in [1.807, 2.05) is 26.0 Å². The van der Waals surface area contributed by atoms with Crippen molar-refractivity contribution in [2.45, 2.75) is 69.9 Å². The molecule has 2 fully saturated rings. The summed E-state index contributed by atoms with van der Waals surface area (Å²) < 4.78 is 47.0. The highest BCUT2D eigenvalue weighted by molar-refractivity contribution is 6.51. The minimum absolute atomic E-state index is 0.211. The topological polar surface area (TPSA) is 108 Å². The average Bonchev–Trinajstić information content (AvgIpc) is 2.96. The first-order valence-electron chi connectivity index (χ1n) is 13.3. The molecule has 2 aromatic carbocycles. The van der Waals surface area contributed by atoms with Crippen molar-refractivity contribution in [1.82, 2.24) is 0 Å². The Hall–Kier alpha value is -2.96. The van der Waals surface area contributed by atoms with E-state index in [1.165, 1.54) is 0 Å². The number of ether oxygens (including phenoxy) is 7. The maximum absolute atomic E-state index is 13.0. The zero-order valence-corrected chi connectivity index (χ0v) is 23.6. The van der Waals surface area contributed by atoms with Crippen molar-refractivity contribution in [3.8, 4) is 11.5 Å². The van der Waals surface area contributed by atoms with Crippen LogP contribution in [0.15, 0.2) is 60.7 Å². The van der Waals surface area contributed by atoms with Crippen LogP contribution in [0.3, 0.4) is 0 Å². The van der Waals surface area contributed by atoms with Gasteiger partial charge in [0.1, 0.15) is 23.7 Å². The summed E-state index contributed by atoms with van der Waals surface area (Å²) in [6, 6.07) is 19.6. The number of benzene rings is 2. The van der Waals surface area contributed by atoms with Crippen molar-refractivity contribution < 1.29 is 47.2 Å². The molecule has 6 unspecified atom stereocenters. The van der Waals surface area contributed by atoms with E-state index in [1.54, 1.807) is 55.5 Å². The van der Waals surface area contributed by atoms with Crippen LogP contribution in [-0.2, 0) is 37.7 Å². The second kappa shape index (κ2) is 14.4. The fraction of sp³-hybridized carbons (Fsp3) is 0.500. The molecule has 6 atom stereocenters. The van der Waals surface area contributed by atoms with Gasteiger partial charge in [-0.05, 0) is 43.3 Å². The number of fused-ring (bicyclic) bond motifs is 1. The Bertz CT molecular complexity index is 1040. The van der Waals surface area contributed by atoms with Gasteiger partial charge in [-0.25, -0.2) is 9.59 Å². The molecule has 0 amide bonds. The molecule has 2 aromatic rings. The van der Waals surface area contributed by atoms with Crippen LogP contribution in [-0.4, -0.2) is 77.8 Å². The van der Waals surface area contributed by atoms with Crippen molar-refractivity contribution >= 4 is 21.0 Å². The highest BCUT2D eigenvalue weighted by atomic mass is 28.3. The summed E-state index contributed by atoms with van der Waals surface area (Å²) in [5, 5.41) is 0. The van der Waals surface area contributed by atoms with E-state index in [9.17, 15) is 9.59 Å². The average molecular weight is 561 g/mol. The molecule has 0 N–H and O–H groups in total. The van der Waals surface area contributed by atoms with E-state index in [0.29, 0.717) is 11.5 Å². The van der Waals surface area contributed by atoms with E-state index in [-0.39, 0.29) is 19.8 Å². The molecule has 10 nitrogen and oxygen atoms in total. The minimum atomic E-state index is -1.69.